The lowest BCUT2D eigenvalue weighted by Crippen LogP contribution is -2.22. The Balaban J connectivity index is 1.37. The Morgan fingerprint density at radius 3 is 2.79 bits per heavy atom. The molecule has 1 fully saturated rings. The Morgan fingerprint density at radius 2 is 1.93 bits per heavy atom. The van der Waals surface area contributed by atoms with Gasteiger partial charge in [-0.25, -0.2) is 0 Å². The lowest BCUT2D eigenvalue weighted by atomic mass is 9.89. The van der Waals surface area contributed by atoms with Gasteiger partial charge in [0.25, 0.3) is 0 Å². The molecule has 0 atom stereocenters. The third kappa shape index (κ3) is 3.33. The largest absolute Gasteiger partial charge is 0.452 e. The number of para-hydroxylation sites is 1. The molecule has 0 spiro atoms. The second kappa shape index (κ2) is 7.24. The van der Waals surface area contributed by atoms with Crippen LogP contribution in [0.15, 0.2) is 54.4 Å². The van der Waals surface area contributed by atoms with E-state index in [0.717, 1.165) is 42.1 Å². The number of hydrogen-bond acceptors (Lipinski definition) is 4. The zero-order chi connectivity index (χ0) is 19.8. The first-order valence-corrected chi connectivity index (χ1v) is 10.1. The highest BCUT2D eigenvalue weighted by Gasteiger charge is 2.29. The SMILES string of the molecule is O=C1C(=Cc2c[nH]c3ccccc23)Oc2cc(OC(=O)C3CCCCC3)ccc21. The van der Waals surface area contributed by atoms with Crippen LogP contribution in [0.25, 0.3) is 17.0 Å². The number of hydrogen-bond donors (Lipinski definition) is 1. The van der Waals surface area contributed by atoms with Crippen molar-refractivity contribution in [3.05, 3.63) is 65.5 Å². The molecule has 1 saturated carbocycles. The van der Waals surface area contributed by atoms with Gasteiger partial charge in [-0.1, -0.05) is 37.5 Å². The summed E-state index contributed by atoms with van der Waals surface area (Å²) in [5, 5.41) is 1.02. The highest BCUT2D eigenvalue weighted by molar-refractivity contribution is 6.15. The van der Waals surface area contributed by atoms with Crippen molar-refractivity contribution in [2.24, 2.45) is 5.92 Å². The number of ether oxygens (including phenoxy) is 2. The summed E-state index contributed by atoms with van der Waals surface area (Å²) in [4.78, 5) is 28.3. The molecule has 0 amide bonds. The van der Waals surface area contributed by atoms with Gasteiger partial charge in [0.1, 0.15) is 11.5 Å². The Morgan fingerprint density at radius 1 is 1.10 bits per heavy atom. The molecule has 1 aromatic heterocycles. The van der Waals surface area contributed by atoms with Gasteiger partial charge < -0.3 is 14.5 Å². The van der Waals surface area contributed by atoms with Crippen molar-refractivity contribution in [3.8, 4) is 11.5 Å². The smallest absolute Gasteiger partial charge is 0.314 e. The van der Waals surface area contributed by atoms with Crippen LogP contribution >= 0.6 is 0 Å². The van der Waals surface area contributed by atoms with Crippen molar-refractivity contribution in [2.75, 3.05) is 0 Å². The standard InChI is InChI=1S/C24H21NO4/c26-23-19-11-10-17(28-24(27)15-6-2-1-3-7-15)13-21(19)29-22(23)12-16-14-25-20-9-5-4-8-18(16)20/h4-5,8-15,25H,1-3,6-7H2. The summed E-state index contributed by atoms with van der Waals surface area (Å²) in [6.45, 7) is 0. The molecule has 2 aliphatic rings. The van der Waals surface area contributed by atoms with Gasteiger partial charge in [-0.3, -0.25) is 9.59 Å². The number of aromatic amines is 1. The minimum absolute atomic E-state index is 0.0307. The van der Waals surface area contributed by atoms with E-state index in [1.165, 1.54) is 6.42 Å². The van der Waals surface area contributed by atoms with E-state index in [1.807, 2.05) is 30.5 Å². The number of carbonyl (C=O) groups excluding carboxylic acids is 2. The van der Waals surface area contributed by atoms with Crippen molar-refractivity contribution in [1.82, 2.24) is 4.98 Å². The number of esters is 1. The fraction of sp³-hybridized carbons (Fsp3) is 0.250. The van der Waals surface area contributed by atoms with Crippen LogP contribution in [0.4, 0.5) is 0 Å². The van der Waals surface area contributed by atoms with Crippen molar-refractivity contribution in [3.63, 3.8) is 0 Å². The maximum absolute atomic E-state index is 12.7. The van der Waals surface area contributed by atoms with Gasteiger partial charge in [0.15, 0.2) is 5.76 Å². The molecule has 5 rings (SSSR count). The number of Topliss-reactive ketones (excluding diaryl/α,β-unsaturated/α-hetero) is 1. The van der Waals surface area contributed by atoms with Crippen molar-refractivity contribution in [2.45, 2.75) is 32.1 Å². The summed E-state index contributed by atoms with van der Waals surface area (Å²) < 4.78 is 11.4. The lowest BCUT2D eigenvalue weighted by Gasteiger charge is -2.19. The van der Waals surface area contributed by atoms with E-state index in [-0.39, 0.29) is 23.4 Å². The molecule has 2 heterocycles. The van der Waals surface area contributed by atoms with Gasteiger partial charge in [0, 0.05) is 28.7 Å². The predicted molar refractivity (Wildman–Crippen MR) is 110 cm³/mol. The quantitative estimate of drug-likeness (QED) is 0.378. The number of carbonyl (C=O) groups is 2. The van der Waals surface area contributed by atoms with E-state index in [1.54, 1.807) is 24.3 Å². The Kier molecular flexibility index (Phi) is 4.43. The molecule has 0 saturated heterocycles. The van der Waals surface area contributed by atoms with Gasteiger partial charge in [-0.05, 0) is 37.1 Å². The van der Waals surface area contributed by atoms with Crippen molar-refractivity contribution in [1.29, 1.82) is 0 Å². The molecule has 0 bridgehead atoms. The molecule has 146 valence electrons. The van der Waals surface area contributed by atoms with E-state index >= 15 is 0 Å². The van der Waals surface area contributed by atoms with E-state index in [4.69, 9.17) is 9.47 Å². The average molecular weight is 387 g/mol. The van der Waals surface area contributed by atoms with Crippen LogP contribution in [0.2, 0.25) is 0 Å². The molecule has 0 radical (unpaired) electrons. The molecule has 1 aliphatic carbocycles. The first-order chi connectivity index (χ1) is 14.2. The lowest BCUT2D eigenvalue weighted by molar-refractivity contribution is -0.139. The predicted octanol–water partition coefficient (Wildman–Crippen LogP) is 5.27. The maximum Gasteiger partial charge on any atom is 0.314 e. The van der Waals surface area contributed by atoms with Gasteiger partial charge in [0.05, 0.1) is 11.5 Å². The summed E-state index contributed by atoms with van der Waals surface area (Å²) in [5.41, 5.74) is 2.37. The third-order valence-electron chi connectivity index (χ3n) is 5.71. The van der Waals surface area contributed by atoms with Crippen LogP contribution in [0.1, 0.15) is 48.0 Å². The van der Waals surface area contributed by atoms with Crippen LogP contribution in [-0.2, 0) is 4.79 Å². The molecule has 5 heteroatoms. The van der Waals surface area contributed by atoms with Crippen molar-refractivity contribution < 1.29 is 19.1 Å². The van der Waals surface area contributed by atoms with E-state index in [9.17, 15) is 9.59 Å². The molecular formula is C24H21NO4. The number of benzene rings is 2. The number of nitrogens with one attached hydrogen (secondary N) is 1. The Hall–Kier alpha value is -3.34. The summed E-state index contributed by atoms with van der Waals surface area (Å²) in [7, 11) is 0. The molecule has 0 unspecified atom stereocenters. The van der Waals surface area contributed by atoms with Crippen molar-refractivity contribution >= 4 is 28.7 Å². The minimum Gasteiger partial charge on any atom is -0.452 e. The first-order valence-electron chi connectivity index (χ1n) is 10.1. The van der Waals surface area contributed by atoms with Crippen LogP contribution in [0.3, 0.4) is 0 Å². The van der Waals surface area contributed by atoms with E-state index < -0.39 is 0 Å². The number of fused-ring (bicyclic) bond motifs is 2. The molecule has 1 aliphatic heterocycles. The number of aromatic nitrogens is 1. The van der Waals surface area contributed by atoms with Crippen LogP contribution in [-0.4, -0.2) is 16.7 Å². The highest BCUT2D eigenvalue weighted by atomic mass is 16.5. The van der Waals surface area contributed by atoms with Gasteiger partial charge in [0.2, 0.25) is 5.78 Å². The van der Waals surface area contributed by atoms with Crippen LogP contribution < -0.4 is 9.47 Å². The van der Waals surface area contributed by atoms with Gasteiger partial charge in [-0.2, -0.15) is 0 Å². The van der Waals surface area contributed by atoms with Gasteiger partial charge >= 0.3 is 5.97 Å². The number of rotatable bonds is 3. The molecule has 29 heavy (non-hydrogen) atoms. The molecular weight excluding hydrogens is 366 g/mol. The second-order valence-corrected chi connectivity index (χ2v) is 7.64. The summed E-state index contributed by atoms with van der Waals surface area (Å²) in [6.07, 6.45) is 8.70. The zero-order valence-electron chi connectivity index (χ0n) is 15.9. The Bertz CT molecular complexity index is 1130. The summed E-state index contributed by atoms with van der Waals surface area (Å²) >= 11 is 0. The topological polar surface area (TPSA) is 68.4 Å². The van der Waals surface area contributed by atoms with Gasteiger partial charge in [-0.15, -0.1) is 0 Å². The van der Waals surface area contributed by atoms with E-state index in [2.05, 4.69) is 4.98 Å². The van der Waals surface area contributed by atoms with E-state index in [0.29, 0.717) is 17.1 Å². The normalized spacial score (nSPS) is 18.1. The highest BCUT2D eigenvalue weighted by Crippen LogP contribution is 2.36. The minimum atomic E-state index is -0.191. The van der Waals surface area contributed by atoms with Crippen LogP contribution in [0.5, 0.6) is 11.5 Å². The second-order valence-electron chi connectivity index (χ2n) is 7.64. The first kappa shape index (κ1) is 17.7. The zero-order valence-corrected chi connectivity index (χ0v) is 15.9. The number of ketones is 1. The maximum atomic E-state index is 12.7. The average Bonchev–Trinajstić information content (AvgIpc) is 3.30. The summed E-state index contributed by atoms with van der Waals surface area (Å²) in [6, 6.07) is 12.8. The monoisotopic (exact) mass is 387 g/mol. The fourth-order valence-electron chi connectivity index (χ4n) is 4.12. The molecule has 2 aromatic carbocycles. The molecule has 3 aromatic rings. The molecule has 1 N–H and O–H groups in total. The summed E-state index contributed by atoms with van der Waals surface area (Å²) in [5.74, 6) is 0.715. The van der Waals surface area contributed by atoms with Crippen LogP contribution in [0, 0.1) is 5.92 Å². The third-order valence-corrected chi connectivity index (χ3v) is 5.71. The number of allylic oxidation sites excluding steroid dienone is 1. The Labute approximate surface area is 168 Å². The fourth-order valence-corrected chi connectivity index (χ4v) is 4.12. The molecule has 5 nitrogen and oxygen atoms in total. The number of H-pyrrole nitrogens is 1.